The number of fused-ring (bicyclic) bond motifs is 2. The van der Waals surface area contributed by atoms with Gasteiger partial charge in [0.1, 0.15) is 0 Å². The van der Waals surface area contributed by atoms with Gasteiger partial charge in [0, 0.05) is 25.6 Å². The molecule has 0 spiro atoms. The Balaban J connectivity index is 1.86. The molecule has 2 fully saturated rings. The van der Waals surface area contributed by atoms with Crippen LogP contribution in [0.15, 0.2) is 0 Å². The van der Waals surface area contributed by atoms with Gasteiger partial charge in [-0.3, -0.25) is 9.59 Å². The fourth-order valence-electron chi connectivity index (χ4n) is 3.83. The number of rotatable bonds is 7. The summed E-state index contributed by atoms with van der Waals surface area (Å²) in [6.07, 6.45) is 5.23. The average molecular weight is 312 g/mol. The molecule has 2 N–H and O–H groups in total. The number of esters is 1. The molecule has 0 aliphatic carbocycles. The summed E-state index contributed by atoms with van der Waals surface area (Å²) in [7, 11) is 2.91. The quantitative estimate of drug-likeness (QED) is 0.686. The molecule has 6 heteroatoms. The van der Waals surface area contributed by atoms with E-state index >= 15 is 0 Å². The van der Waals surface area contributed by atoms with E-state index < -0.39 is 5.54 Å². The SMILES string of the molecule is COCC(C)(CC(=O)OC)NC(=O)CC1CC2CCC(C1)N2. The smallest absolute Gasteiger partial charge is 0.307 e. The van der Waals surface area contributed by atoms with Crippen LogP contribution in [0.1, 0.15) is 45.4 Å². The second kappa shape index (κ2) is 7.42. The van der Waals surface area contributed by atoms with Crippen LogP contribution in [-0.2, 0) is 19.1 Å². The minimum absolute atomic E-state index is 0.00486. The second-order valence-electron chi connectivity index (χ2n) is 6.97. The maximum atomic E-state index is 12.4. The molecule has 2 heterocycles. The van der Waals surface area contributed by atoms with Gasteiger partial charge in [-0.1, -0.05) is 0 Å². The number of amides is 1. The van der Waals surface area contributed by atoms with Crippen molar-refractivity contribution in [1.82, 2.24) is 10.6 Å². The summed E-state index contributed by atoms with van der Waals surface area (Å²) >= 11 is 0. The van der Waals surface area contributed by atoms with E-state index in [-0.39, 0.29) is 24.9 Å². The van der Waals surface area contributed by atoms with E-state index in [1.807, 2.05) is 6.92 Å². The Morgan fingerprint density at radius 3 is 2.41 bits per heavy atom. The number of carbonyl (C=O) groups is 2. The van der Waals surface area contributed by atoms with E-state index in [4.69, 9.17) is 9.47 Å². The first-order valence-corrected chi connectivity index (χ1v) is 8.07. The highest BCUT2D eigenvalue weighted by molar-refractivity contribution is 5.79. The van der Waals surface area contributed by atoms with Crippen molar-refractivity contribution >= 4 is 11.9 Å². The molecule has 2 bridgehead atoms. The molecule has 0 aromatic heterocycles. The summed E-state index contributed by atoms with van der Waals surface area (Å²) in [5, 5.41) is 6.55. The Labute approximate surface area is 132 Å². The molecule has 2 saturated heterocycles. The summed E-state index contributed by atoms with van der Waals surface area (Å²) in [6, 6.07) is 1.16. The van der Waals surface area contributed by atoms with Gasteiger partial charge >= 0.3 is 5.97 Å². The summed E-state index contributed by atoms with van der Waals surface area (Å²) < 4.78 is 9.86. The Morgan fingerprint density at radius 1 is 1.23 bits per heavy atom. The highest BCUT2D eigenvalue weighted by Gasteiger charge is 2.36. The molecule has 3 atom stereocenters. The van der Waals surface area contributed by atoms with E-state index in [9.17, 15) is 9.59 Å². The largest absolute Gasteiger partial charge is 0.469 e. The van der Waals surface area contributed by atoms with Crippen LogP contribution in [0.3, 0.4) is 0 Å². The molecule has 0 aromatic carbocycles. The molecule has 2 rings (SSSR count). The number of piperidine rings is 1. The highest BCUT2D eigenvalue weighted by Crippen LogP contribution is 2.32. The van der Waals surface area contributed by atoms with Crippen molar-refractivity contribution in [2.75, 3.05) is 20.8 Å². The molecule has 0 aromatic rings. The zero-order chi connectivity index (χ0) is 16.2. The van der Waals surface area contributed by atoms with E-state index in [1.165, 1.54) is 20.0 Å². The lowest BCUT2D eigenvalue weighted by molar-refractivity contribution is -0.143. The van der Waals surface area contributed by atoms with Crippen molar-refractivity contribution in [2.24, 2.45) is 5.92 Å². The maximum Gasteiger partial charge on any atom is 0.307 e. The lowest BCUT2D eigenvalue weighted by Gasteiger charge is -2.32. The molecule has 22 heavy (non-hydrogen) atoms. The predicted octanol–water partition coefficient (Wildman–Crippen LogP) is 0.992. The summed E-state index contributed by atoms with van der Waals surface area (Å²) in [4.78, 5) is 23.9. The molecule has 126 valence electrons. The van der Waals surface area contributed by atoms with Crippen molar-refractivity contribution in [3.05, 3.63) is 0 Å². The van der Waals surface area contributed by atoms with E-state index in [0.29, 0.717) is 24.4 Å². The fourth-order valence-corrected chi connectivity index (χ4v) is 3.83. The third-order valence-electron chi connectivity index (χ3n) is 4.71. The highest BCUT2D eigenvalue weighted by atomic mass is 16.5. The van der Waals surface area contributed by atoms with Crippen LogP contribution in [0, 0.1) is 5.92 Å². The van der Waals surface area contributed by atoms with Gasteiger partial charge < -0.3 is 20.1 Å². The van der Waals surface area contributed by atoms with Gasteiger partial charge in [-0.2, -0.15) is 0 Å². The molecule has 0 radical (unpaired) electrons. The van der Waals surface area contributed by atoms with Crippen molar-refractivity contribution < 1.29 is 19.1 Å². The lowest BCUT2D eigenvalue weighted by atomic mass is 9.89. The van der Waals surface area contributed by atoms with Crippen molar-refractivity contribution in [3.8, 4) is 0 Å². The summed E-state index contributed by atoms with van der Waals surface area (Å²) in [6.45, 7) is 2.10. The average Bonchev–Trinajstić information content (AvgIpc) is 2.77. The van der Waals surface area contributed by atoms with Crippen molar-refractivity contribution in [2.45, 2.75) is 63.1 Å². The normalized spacial score (nSPS) is 29.7. The Kier molecular flexibility index (Phi) is 5.81. The van der Waals surface area contributed by atoms with Gasteiger partial charge in [-0.25, -0.2) is 0 Å². The number of methoxy groups -OCH3 is 2. The topological polar surface area (TPSA) is 76.7 Å². The van der Waals surface area contributed by atoms with Crippen LogP contribution in [-0.4, -0.2) is 50.3 Å². The zero-order valence-corrected chi connectivity index (χ0v) is 13.8. The van der Waals surface area contributed by atoms with Gasteiger partial charge in [0.2, 0.25) is 5.91 Å². The molecule has 1 amide bonds. The standard InChI is InChI=1S/C16H28N2O4/c1-16(10-21-2,9-15(20)22-3)18-14(19)8-11-6-12-4-5-13(7-11)17-12/h11-13,17H,4-10H2,1-3H3,(H,18,19). The van der Waals surface area contributed by atoms with Crippen molar-refractivity contribution in [1.29, 1.82) is 0 Å². The van der Waals surface area contributed by atoms with Gasteiger partial charge in [-0.05, 0) is 38.5 Å². The van der Waals surface area contributed by atoms with Crippen LogP contribution >= 0.6 is 0 Å². The van der Waals surface area contributed by atoms with E-state index in [0.717, 1.165) is 12.8 Å². The predicted molar refractivity (Wildman–Crippen MR) is 82.3 cm³/mol. The Morgan fingerprint density at radius 2 is 1.86 bits per heavy atom. The first-order valence-electron chi connectivity index (χ1n) is 8.07. The molecule has 6 nitrogen and oxygen atoms in total. The third kappa shape index (κ3) is 4.68. The zero-order valence-electron chi connectivity index (χ0n) is 13.8. The molecule has 0 saturated carbocycles. The number of carbonyl (C=O) groups excluding carboxylic acids is 2. The molecular weight excluding hydrogens is 284 g/mol. The van der Waals surface area contributed by atoms with Crippen LogP contribution < -0.4 is 10.6 Å². The number of ether oxygens (including phenoxy) is 2. The number of hydrogen-bond acceptors (Lipinski definition) is 5. The third-order valence-corrected chi connectivity index (χ3v) is 4.71. The maximum absolute atomic E-state index is 12.4. The molecular formula is C16H28N2O4. The van der Waals surface area contributed by atoms with Crippen LogP contribution in [0.2, 0.25) is 0 Å². The minimum Gasteiger partial charge on any atom is -0.469 e. The van der Waals surface area contributed by atoms with Crippen LogP contribution in [0.25, 0.3) is 0 Å². The lowest BCUT2D eigenvalue weighted by Crippen LogP contribution is -2.51. The molecule has 2 aliphatic rings. The number of hydrogen-bond donors (Lipinski definition) is 2. The summed E-state index contributed by atoms with van der Waals surface area (Å²) in [5.41, 5.74) is -0.717. The molecule has 2 aliphatic heterocycles. The minimum atomic E-state index is -0.717. The van der Waals surface area contributed by atoms with Crippen molar-refractivity contribution in [3.63, 3.8) is 0 Å². The summed E-state index contributed by atoms with van der Waals surface area (Å²) in [5.74, 6) is 0.0817. The fraction of sp³-hybridized carbons (Fsp3) is 0.875. The van der Waals surface area contributed by atoms with Gasteiger partial charge in [0.15, 0.2) is 0 Å². The molecule has 3 unspecified atom stereocenters. The first-order chi connectivity index (χ1) is 10.4. The Bertz CT molecular complexity index is 403. The van der Waals surface area contributed by atoms with Crippen LogP contribution in [0.4, 0.5) is 0 Å². The van der Waals surface area contributed by atoms with Gasteiger partial charge in [0.05, 0.1) is 25.7 Å². The Hall–Kier alpha value is -1.14. The monoisotopic (exact) mass is 312 g/mol. The first kappa shape index (κ1) is 17.2. The van der Waals surface area contributed by atoms with E-state index in [2.05, 4.69) is 10.6 Å². The van der Waals surface area contributed by atoms with Crippen LogP contribution in [0.5, 0.6) is 0 Å². The number of nitrogens with one attached hydrogen (secondary N) is 2. The van der Waals surface area contributed by atoms with Gasteiger partial charge in [0.25, 0.3) is 0 Å². The van der Waals surface area contributed by atoms with Gasteiger partial charge in [-0.15, -0.1) is 0 Å². The second-order valence-corrected chi connectivity index (χ2v) is 6.97. The van der Waals surface area contributed by atoms with E-state index in [1.54, 1.807) is 7.11 Å².